The molecule has 2 N–H and O–H groups in total. The maximum atomic E-state index is 7.80. The molecule has 6 rings (SSSR count). The molecule has 2 saturated carbocycles. The summed E-state index contributed by atoms with van der Waals surface area (Å²) in [4.78, 5) is 0. The average molecular weight is 522 g/mol. The first-order valence-electron chi connectivity index (χ1n) is 13.8. The van der Waals surface area contributed by atoms with Crippen molar-refractivity contribution in [2.24, 2.45) is 11.7 Å². The number of hydrogen-bond donors (Lipinski definition) is 1. The summed E-state index contributed by atoms with van der Waals surface area (Å²) < 4.78 is 0. The smallest absolute Gasteiger partial charge is 0.0263 e. The molecule has 0 saturated heterocycles. The van der Waals surface area contributed by atoms with Crippen LogP contribution in [0, 0.1) is 5.92 Å². The second-order valence-electron chi connectivity index (χ2n) is 10.7. The van der Waals surface area contributed by atoms with Crippen molar-refractivity contribution < 1.29 is 0 Å². The minimum Gasteiger partial charge on any atom is -0.324 e. The van der Waals surface area contributed by atoms with Gasteiger partial charge in [0.05, 0.1) is 0 Å². The average Bonchev–Trinajstić information content (AvgIpc) is 3.60. The minimum atomic E-state index is -0.521. The molecule has 188 valence electrons. The van der Waals surface area contributed by atoms with Gasteiger partial charge in [0.2, 0.25) is 0 Å². The maximum absolute atomic E-state index is 7.80. The number of hydrogen-bond acceptors (Lipinski definition) is 1. The second kappa shape index (κ2) is 11.2. The molecule has 0 spiro atoms. The summed E-state index contributed by atoms with van der Waals surface area (Å²) in [6.07, 6.45) is 7.50. The Morgan fingerprint density at radius 2 is 0.946 bits per heavy atom. The van der Waals surface area contributed by atoms with Gasteiger partial charge < -0.3 is 5.73 Å². The molecule has 3 heteroatoms. The van der Waals surface area contributed by atoms with E-state index in [0.29, 0.717) is 17.2 Å². The van der Waals surface area contributed by atoms with Gasteiger partial charge in [-0.15, -0.1) is 0 Å². The Hall–Kier alpha value is -2.30. The van der Waals surface area contributed by atoms with Gasteiger partial charge in [-0.2, -0.15) is 0 Å². The van der Waals surface area contributed by atoms with Crippen LogP contribution in [0.5, 0.6) is 0 Å². The largest absolute Gasteiger partial charge is 0.324 e. The summed E-state index contributed by atoms with van der Waals surface area (Å²) in [5.41, 5.74) is 8.82. The van der Waals surface area contributed by atoms with Gasteiger partial charge in [-0.1, -0.05) is 134 Å². The molecule has 0 heterocycles. The summed E-state index contributed by atoms with van der Waals surface area (Å²) in [5.74, 6) is 0.559. The van der Waals surface area contributed by atoms with Gasteiger partial charge in [-0.25, -0.2) is 0 Å². The van der Waals surface area contributed by atoms with Gasteiger partial charge in [0, 0.05) is 11.2 Å². The molecular formula is C34H37NP2. The van der Waals surface area contributed by atoms with Crippen LogP contribution in [-0.4, -0.2) is 16.9 Å². The second-order valence-corrected chi connectivity index (χ2v) is 15.5. The van der Waals surface area contributed by atoms with E-state index >= 15 is 0 Å². The Labute approximate surface area is 225 Å². The van der Waals surface area contributed by atoms with Gasteiger partial charge in [-0.3, -0.25) is 0 Å². The molecule has 2 aliphatic carbocycles. The van der Waals surface area contributed by atoms with Crippen LogP contribution in [0.15, 0.2) is 121 Å². The van der Waals surface area contributed by atoms with Crippen molar-refractivity contribution in [3.05, 3.63) is 121 Å². The van der Waals surface area contributed by atoms with Crippen LogP contribution in [0.3, 0.4) is 0 Å². The summed E-state index contributed by atoms with van der Waals surface area (Å²) >= 11 is 0. The van der Waals surface area contributed by atoms with Crippen LogP contribution >= 0.6 is 15.8 Å². The lowest BCUT2D eigenvalue weighted by atomic mass is 9.81. The Balaban J connectivity index is 1.42. The fraction of sp³-hybridized carbons (Fsp3) is 0.294. The van der Waals surface area contributed by atoms with Crippen molar-refractivity contribution in [1.29, 1.82) is 0 Å². The Morgan fingerprint density at radius 3 is 1.41 bits per heavy atom. The molecule has 4 atom stereocenters. The predicted octanol–water partition coefficient (Wildman–Crippen LogP) is 6.67. The maximum Gasteiger partial charge on any atom is 0.0263 e. The Morgan fingerprint density at radius 1 is 0.514 bits per heavy atom. The zero-order valence-electron chi connectivity index (χ0n) is 21.5. The standard InChI is InChI=1S/C34H37NP2/c35-34(26-14-25-33(34)37(29-19-9-3-10-20-29)30-21-11-4-12-22-30)31-23-13-24-32(31)36(27-15-5-1-6-16-27)28-17-7-2-8-18-28/h1-12,15-22,31-33H,13-14,23-26,35H2/t31-,32+,33+,34-/m0/s1. The van der Waals surface area contributed by atoms with Crippen LogP contribution in [-0.2, 0) is 0 Å². The molecule has 0 radical (unpaired) electrons. The molecule has 0 aliphatic heterocycles. The molecular weight excluding hydrogens is 484 g/mol. The Bertz CT molecular complexity index is 1190. The van der Waals surface area contributed by atoms with Crippen molar-refractivity contribution in [1.82, 2.24) is 0 Å². The third-order valence-electron chi connectivity index (χ3n) is 8.66. The van der Waals surface area contributed by atoms with Crippen molar-refractivity contribution >= 4 is 37.1 Å². The van der Waals surface area contributed by atoms with Crippen molar-refractivity contribution in [2.75, 3.05) is 0 Å². The van der Waals surface area contributed by atoms with Crippen LogP contribution in [0.1, 0.15) is 38.5 Å². The molecule has 37 heavy (non-hydrogen) atoms. The van der Waals surface area contributed by atoms with E-state index in [9.17, 15) is 0 Å². The first kappa shape index (κ1) is 25.0. The van der Waals surface area contributed by atoms with Crippen LogP contribution in [0.25, 0.3) is 0 Å². The SMILES string of the molecule is N[C@]1([C@H]2CCC[C@H]2P(c2ccccc2)c2ccccc2)CCC[C@H]1P(c1ccccc1)c1ccccc1. The quantitative estimate of drug-likeness (QED) is 0.270. The lowest BCUT2D eigenvalue weighted by Crippen LogP contribution is -2.56. The Kier molecular flexibility index (Phi) is 7.57. The molecule has 0 aromatic heterocycles. The van der Waals surface area contributed by atoms with Gasteiger partial charge in [0.15, 0.2) is 0 Å². The summed E-state index contributed by atoms with van der Waals surface area (Å²) in [6.45, 7) is 0. The van der Waals surface area contributed by atoms with E-state index in [1.165, 1.54) is 53.3 Å². The van der Waals surface area contributed by atoms with E-state index < -0.39 is 15.8 Å². The van der Waals surface area contributed by atoms with Gasteiger partial charge in [0.25, 0.3) is 0 Å². The van der Waals surface area contributed by atoms with E-state index in [2.05, 4.69) is 121 Å². The molecule has 0 bridgehead atoms. The van der Waals surface area contributed by atoms with Crippen LogP contribution < -0.4 is 27.0 Å². The fourth-order valence-corrected chi connectivity index (χ4v) is 13.6. The lowest BCUT2D eigenvalue weighted by Gasteiger charge is -2.46. The molecule has 1 nitrogen and oxygen atoms in total. The fourth-order valence-electron chi connectivity index (χ4n) is 7.11. The van der Waals surface area contributed by atoms with E-state index in [0.717, 1.165) is 6.42 Å². The minimum absolute atomic E-state index is 0.122. The zero-order valence-corrected chi connectivity index (χ0v) is 23.3. The first-order chi connectivity index (χ1) is 18.3. The highest BCUT2D eigenvalue weighted by Gasteiger charge is 2.54. The highest BCUT2D eigenvalue weighted by atomic mass is 31.1. The topological polar surface area (TPSA) is 26.0 Å². The van der Waals surface area contributed by atoms with Crippen molar-refractivity contribution in [3.8, 4) is 0 Å². The molecule has 4 aromatic rings. The third kappa shape index (κ3) is 4.95. The zero-order chi connectivity index (χ0) is 25.1. The molecule has 2 aliphatic rings. The number of rotatable bonds is 7. The van der Waals surface area contributed by atoms with E-state index in [1.54, 1.807) is 0 Å². The predicted molar refractivity (Wildman–Crippen MR) is 164 cm³/mol. The van der Waals surface area contributed by atoms with Gasteiger partial charge >= 0.3 is 0 Å². The van der Waals surface area contributed by atoms with Crippen molar-refractivity contribution in [3.63, 3.8) is 0 Å². The molecule has 0 unspecified atom stereocenters. The van der Waals surface area contributed by atoms with Gasteiger partial charge in [0.1, 0.15) is 0 Å². The first-order valence-corrected chi connectivity index (χ1v) is 16.7. The summed E-state index contributed by atoms with van der Waals surface area (Å²) in [5, 5.41) is 5.97. The number of benzene rings is 4. The monoisotopic (exact) mass is 521 g/mol. The van der Waals surface area contributed by atoms with Crippen LogP contribution in [0.2, 0.25) is 0 Å². The lowest BCUT2D eigenvalue weighted by molar-refractivity contribution is 0.290. The molecule has 2 fully saturated rings. The normalized spacial score (nSPS) is 25.6. The van der Waals surface area contributed by atoms with Gasteiger partial charge in [-0.05, 0) is 74.3 Å². The van der Waals surface area contributed by atoms with E-state index in [1.807, 2.05) is 0 Å². The van der Waals surface area contributed by atoms with Crippen molar-refractivity contribution in [2.45, 2.75) is 55.4 Å². The van der Waals surface area contributed by atoms with E-state index in [-0.39, 0.29) is 5.54 Å². The summed E-state index contributed by atoms with van der Waals surface area (Å²) in [6, 6.07) is 45.2. The third-order valence-corrected chi connectivity index (χ3v) is 14.7. The van der Waals surface area contributed by atoms with Crippen LogP contribution in [0.4, 0.5) is 0 Å². The highest BCUT2D eigenvalue weighted by molar-refractivity contribution is 7.74. The number of nitrogens with two attached hydrogens (primary N) is 1. The molecule has 4 aromatic carbocycles. The molecule has 0 amide bonds. The van der Waals surface area contributed by atoms with E-state index in [4.69, 9.17) is 5.73 Å². The highest BCUT2D eigenvalue weighted by Crippen LogP contribution is 2.60. The summed E-state index contributed by atoms with van der Waals surface area (Å²) in [7, 11) is -0.980.